The van der Waals surface area contributed by atoms with Crippen LogP contribution in [0, 0.1) is 5.92 Å². The zero-order chi connectivity index (χ0) is 13.9. The summed E-state index contributed by atoms with van der Waals surface area (Å²) in [6.45, 7) is 2.23. The van der Waals surface area contributed by atoms with E-state index in [9.17, 15) is 4.79 Å². The minimum absolute atomic E-state index is 0.175. The summed E-state index contributed by atoms with van der Waals surface area (Å²) in [5.41, 5.74) is 7.05. The van der Waals surface area contributed by atoms with Crippen LogP contribution in [0.25, 0.3) is 11.0 Å². The van der Waals surface area contributed by atoms with E-state index in [1.807, 2.05) is 0 Å². The van der Waals surface area contributed by atoms with Gasteiger partial charge in [-0.1, -0.05) is 0 Å². The first-order chi connectivity index (χ1) is 9.72. The van der Waals surface area contributed by atoms with E-state index >= 15 is 0 Å². The molecule has 2 heterocycles. The Bertz CT molecular complexity index is 615. The molecular formula is C15H18N2O3. The van der Waals surface area contributed by atoms with Gasteiger partial charge in [-0.15, -0.1) is 0 Å². The number of fused-ring (bicyclic) bond motifs is 1. The van der Waals surface area contributed by atoms with E-state index in [1.54, 1.807) is 24.3 Å². The highest BCUT2D eigenvalue weighted by atomic mass is 16.5. The van der Waals surface area contributed by atoms with Gasteiger partial charge in [0.2, 0.25) is 0 Å². The van der Waals surface area contributed by atoms with Crippen LogP contribution in [0.4, 0.5) is 5.69 Å². The van der Waals surface area contributed by atoms with Gasteiger partial charge in [0, 0.05) is 30.8 Å². The Morgan fingerprint density at radius 3 is 2.90 bits per heavy atom. The van der Waals surface area contributed by atoms with E-state index in [2.05, 4.69) is 5.32 Å². The number of nitrogens with two attached hydrogens (primary N) is 1. The van der Waals surface area contributed by atoms with E-state index < -0.39 is 0 Å². The van der Waals surface area contributed by atoms with Gasteiger partial charge < -0.3 is 20.2 Å². The molecule has 0 bridgehead atoms. The SMILES string of the molecule is Nc1ccc2oc(C(=O)NCC3CCOCC3)cc2c1. The van der Waals surface area contributed by atoms with Gasteiger partial charge in [-0.05, 0) is 43.0 Å². The number of anilines is 1. The Kier molecular flexibility index (Phi) is 3.60. The van der Waals surface area contributed by atoms with Crippen molar-refractivity contribution < 1.29 is 13.9 Å². The second-order valence-corrected chi connectivity index (χ2v) is 5.17. The highest BCUT2D eigenvalue weighted by Crippen LogP contribution is 2.22. The van der Waals surface area contributed by atoms with Crippen molar-refractivity contribution in [3.8, 4) is 0 Å². The number of rotatable bonds is 3. The van der Waals surface area contributed by atoms with Crippen molar-refractivity contribution >= 4 is 22.6 Å². The Hall–Kier alpha value is -2.01. The summed E-state index contributed by atoms with van der Waals surface area (Å²) in [5, 5.41) is 3.77. The van der Waals surface area contributed by atoms with Crippen molar-refractivity contribution in [2.45, 2.75) is 12.8 Å². The molecule has 106 valence electrons. The van der Waals surface area contributed by atoms with Crippen LogP contribution in [0.1, 0.15) is 23.4 Å². The van der Waals surface area contributed by atoms with Crippen LogP contribution in [0.5, 0.6) is 0 Å². The number of ether oxygens (including phenoxy) is 1. The van der Waals surface area contributed by atoms with Crippen molar-refractivity contribution in [1.82, 2.24) is 5.32 Å². The normalized spacial score (nSPS) is 16.4. The van der Waals surface area contributed by atoms with Gasteiger partial charge in [-0.25, -0.2) is 0 Å². The minimum Gasteiger partial charge on any atom is -0.451 e. The average molecular weight is 274 g/mol. The second-order valence-electron chi connectivity index (χ2n) is 5.17. The quantitative estimate of drug-likeness (QED) is 0.841. The highest BCUT2D eigenvalue weighted by Gasteiger charge is 2.17. The molecule has 0 aliphatic carbocycles. The third-order valence-corrected chi connectivity index (χ3v) is 3.66. The molecule has 1 aromatic heterocycles. The van der Waals surface area contributed by atoms with Crippen LogP contribution in [0.15, 0.2) is 28.7 Å². The number of benzene rings is 1. The molecule has 3 rings (SSSR count). The largest absolute Gasteiger partial charge is 0.451 e. The number of carbonyl (C=O) groups is 1. The van der Waals surface area contributed by atoms with Crippen LogP contribution < -0.4 is 11.1 Å². The van der Waals surface area contributed by atoms with Crippen LogP contribution in [0.3, 0.4) is 0 Å². The molecule has 0 spiro atoms. The molecule has 5 nitrogen and oxygen atoms in total. The number of carbonyl (C=O) groups excluding carboxylic acids is 1. The molecule has 1 saturated heterocycles. The van der Waals surface area contributed by atoms with E-state index in [0.717, 1.165) is 31.4 Å². The third-order valence-electron chi connectivity index (χ3n) is 3.66. The molecule has 2 aromatic rings. The summed E-state index contributed by atoms with van der Waals surface area (Å²) in [6, 6.07) is 7.06. The molecule has 1 aliphatic rings. The number of amides is 1. The fourth-order valence-corrected chi connectivity index (χ4v) is 2.45. The lowest BCUT2D eigenvalue weighted by Gasteiger charge is -2.21. The fourth-order valence-electron chi connectivity index (χ4n) is 2.45. The van der Waals surface area contributed by atoms with Gasteiger partial charge in [-0.3, -0.25) is 4.79 Å². The highest BCUT2D eigenvalue weighted by molar-refractivity contribution is 5.96. The first-order valence-corrected chi connectivity index (χ1v) is 6.87. The Balaban J connectivity index is 1.65. The lowest BCUT2D eigenvalue weighted by atomic mass is 10.0. The number of nitrogen functional groups attached to an aromatic ring is 1. The van der Waals surface area contributed by atoms with Gasteiger partial charge in [0.15, 0.2) is 5.76 Å². The molecule has 5 heteroatoms. The topological polar surface area (TPSA) is 77.5 Å². The first kappa shape index (κ1) is 13.0. The summed E-state index contributed by atoms with van der Waals surface area (Å²) in [7, 11) is 0. The zero-order valence-corrected chi connectivity index (χ0v) is 11.2. The molecule has 0 unspecified atom stereocenters. The lowest BCUT2D eigenvalue weighted by molar-refractivity contribution is 0.0639. The molecule has 1 aliphatic heterocycles. The standard InChI is InChI=1S/C15H18N2O3/c16-12-1-2-13-11(7-12)8-14(20-13)15(18)17-9-10-3-5-19-6-4-10/h1-2,7-8,10H,3-6,9,16H2,(H,17,18). The smallest absolute Gasteiger partial charge is 0.287 e. The lowest BCUT2D eigenvalue weighted by Crippen LogP contribution is -2.31. The van der Waals surface area contributed by atoms with E-state index in [0.29, 0.717) is 29.5 Å². The number of furan rings is 1. The fraction of sp³-hybridized carbons (Fsp3) is 0.400. The Morgan fingerprint density at radius 1 is 1.30 bits per heavy atom. The van der Waals surface area contributed by atoms with Crippen LogP contribution in [-0.4, -0.2) is 25.7 Å². The van der Waals surface area contributed by atoms with Gasteiger partial charge >= 0.3 is 0 Å². The molecule has 3 N–H and O–H groups in total. The molecule has 0 saturated carbocycles. The molecule has 1 amide bonds. The van der Waals surface area contributed by atoms with Gasteiger partial charge in [0.1, 0.15) is 5.58 Å². The molecule has 20 heavy (non-hydrogen) atoms. The predicted molar refractivity (Wildman–Crippen MR) is 76.5 cm³/mol. The maximum absolute atomic E-state index is 12.1. The summed E-state index contributed by atoms with van der Waals surface area (Å²) in [4.78, 5) is 12.1. The number of nitrogens with one attached hydrogen (secondary N) is 1. The first-order valence-electron chi connectivity index (χ1n) is 6.87. The van der Waals surface area contributed by atoms with E-state index in [-0.39, 0.29) is 5.91 Å². The summed E-state index contributed by atoms with van der Waals surface area (Å²) < 4.78 is 10.8. The molecule has 1 aromatic carbocycles. The molecule has 0 atom stereocenters. The summed E-state index contributed by atoms with van der Waals surface area (Å²) in [5.74, 6) is 0.650. The molecule has 0 radical (unpaired) electrons. The third kappa shape index (κ3) is 2.77. The van der Waals surface area contributed by atoms with Crippen LogP contribution >= 0.6 is 0 Å². The number of hydrogen-bond donors (Lipinski definition) is 2. The minimum atomic E-state index is -0.175. The van der Waals surface area contributed by atoms with Crippen LogP contribution in [-0.2, 0) is 4.74 Å². The van der Waals surface area contributed by atoms with Gasteiger partial charge in [-0.2, -0.15) is 0 Å². The van der Waals surface area contributed by atoms with Crippen molar-refractivity contribution in [2.75, 3.05) is 25.5 Å². The van der Waals surface area contributed by atoms with Crippen molar-refractivity contribution in [3.63, 3.8) is 0 Å². The molecular weight excluding hydrogens is 256 g/mol. The monoisotopic (exact) mass is 274 g/mol. The Morgan fingerprint density at radius 2 is 2.10 bits per heavy atom. The predicted octanol–water partition coefficient (Wildman–Crippen LogP) is 2.17. The van der Waals surface area contributed by atoms with Crippen molar-refractivity contribution in [2.24, 2.45) is 5.92 Å². The second kappa shape index (κ2) is 5.54. The van der Waals surface area contributed by atoms with E-state index in [4.69, 9.17) is 14.9 Å². The van der Waals surface area contributed by atoms with E-state index in [1.165, 1.54) is 0 Å². The van der Waals surface area contributed by atoms with Crippen LogP contribution in [0.2, 0.25) is 0 Å². The van der Waals surface area contributed by atoms with Crippen molar-refractivity contribution in [3.05, 3.63) is 30.0 Å². The van der Waals surface area contributed by atoms with Gasteiger partial charge in [0.05, 0.1) is 0 Å². The maximum atomic E-state index is 12.1. The molecule has 1 fully saturated rings. The average Bonchev–Trinajstić information content (AvgIpc) is 2.89. The zero-order valence-electron chi connectivity index (χ0n) is 11.2. The maximum Gasteiger partial charge on any atom is 0.287 e. The Labute approximate surface area is 117 Å². The number of hydrogen-bond acceptors (Lipinski definition) is 4. The van der Waals surface area contributed by atoms with Gasteiger partial charge in [0.25, 0.3) is 5.91 Å². The summed E-state index contributed by atoms with van der Waals surface area (Å²) >= 11 is 0. The van der Waals surface area contributed by atoms with Crippen molar-refractivity contribution in [1.29, 1.82) is 0 Å². The summed E-state index contributed by atoms with van der Waals surface area (Å²) in [6.07, 6.45) is 1.99.